The standard InChI is InChI=1S/C16H21FN2O3/c1-4-15-13(10-22-19-15)9-18-8-12-7-11(5-6-14(12)17)16(20-2)21-3/h5-7,10,16,18H,4,8-9H2,1-3H3. The summed E-state index contributed by atoms with van der Waals surface area (Å²) in [6.07, 6.45) is 1.93. The summed E-state index contributed by atoms with van der Waals surface area (Å²) in [5, 5.41) is 7.12. The van der Waals surface area contributed by atoms with Gasteiger partial charge in [-0.2, -0.15) is 0 Å². The molecule has 2 aromatic rings. The van der Waals surface area contributed by atoms with E-state index in [-0.39, 0.29) is 5.82 Å². The first-order chi connectivity index (χ1) is 10.7. The Morgan fingerprint density at radius 1 is 1.23 bits per heavy atom. The summed E-state index contributed by atoms with van der Waals surface area (Å²) in [6.45, 7) is 2.99. The quantitative estimate of drug-likeness (QED) is 0.760. The molecule has 0 aliphatic rings. The summed E-state index contributed by atoms with van der Waals surface area (Å²) in [6, 6.07) is 4.83. The highest BCUT2D eigenvalue weighted by Crippen LogP contribution is 2.20. The number of hydrogen-bond donors (Lipinski definition) is 1. The van der Waals surface area contributed by atoms with Crippen LogP contribution in [-0.2, 0) is 29.0 Å². The molecule has 120 valence electrons. The predicted octanol–water partition coefficient (Wildman–Crippen LogP) is 2.96. The van der Waals surface area contributed by atoms with Crippen LogP contribution in [0.3, 0.4) is 0 Å². The lowest BCUT2D eigenvalue weighted by Gasteiger charge is -2.15. The van der Waals surface area contributed by atoms with Gasteiger partial charge in [-0.3, -0.25) is 0 Å². The van der Waals surface area contributed by atoms with Crippen molar-refractivity contribution in [3.63, 3.8) is 0 Å². The van der Waals surface area contributed by atoms with Crippen LogP contribution in [-0.4, -0.2) is 19.4 Å². The lowest BCUT2D eigenvalue weighted by Crippen LogP contribution is -2.15. The van der Waals surface area contributed by atoms with Crippen LogP contribution < -0.4 is 5.32 Å². The molecule has 0 bridgehead atoms. The van der Waals surface area contributed by atoms with Crippen molar-refractivity contribution in [1.82, 2.24) is 10.5 Å². The highest BCUT2D eigenvalue weighted by atomic mass is 19.1. The van der Waals surface area contributed by atoms with E-state index in [1.54, 1.807) is 32.6 Å². The summed E-state index contributed by atoms with van der Waals surface area (Å²) in [5.74, 6) is -0.261. The van der Waals surface area contributed by atoms with Crippen molar-refractivity contribution < 1.29 is 18.4 Å². The molecule has 0 saturated carbocycles. The van der Waals surface area contributed by atoms with Gasteiger partial charge >= 0.3 is 0 Å². The van der Waals surface area contributed by atoms with E-state index >= 15 is 0 Å². The van der Waals surface area contributed by atoms with Crippen LogP contribution in [0.25, 0.3) is 0 Å². The van der Waals surface area contributed by atoms with Gasteiger partial charge in [0.1, 0.15) is 12.1 Å². The van der Waals surface area contributed by atoms with Crippen LogP contribution in [0.1, 0.15) is 35.6 Å². The molecule has 0 fully saturated rings. The molecule has 0 radical (unpaired) electrons. The van der Waals surface area contributed by atoms with Crippen LogP contribution in [0, 0.1) is 5.82 Å². The monoisotopic (exact) mass is 308 g/mol. The summed E-state index contributed by atoms with van der Waals surface area (Å²) in [4.78, 5) is 0. The van der Waals surface area contributed by atoms with E-state index in [0.717, 1.165) is 23.2 Å². The minimum absolute atomic E-state index is 0.261. The van der Waals surface area contributed by atoms with Crippen LogP contribution in [0.15, 0.2) is 29.0 Å². The van der Waals surface area contributed by atoms with Crippen LogP contribution >= 0.6 is 0 Å². The van der Waals surface area contributed by atoms with E-state index in [1.807, 2.05) is 6.92 Å². The second-order valence-electron chi connectivity index (χ2n) is 4.90. The van der Waals surface area contributed by atoms with Crippen molar-refractivity contribution in [1.29, 1.82) is 0 Å². The Balaban J connectivity index is 2.01. The molecule has 1 aromatic carbocycles. The Morgan fingerprint density at radius 2 is 1.95 bits per heavy atom. The molecular weight excluding hydrogens is 287 g/mol. The van der Waals surface area contributed by atoms with Gasteiger partial charge in [0.2, 0.25) is 0 Å². The summed E-state index contributed by atoms with van der Waals surface area (Å²) in [7, 11) is 3.10. The maximum Gasteiger partial charge on any atom is 0.183 e. The van der Waals surface area contributed by atoms with Crippen molar-refractivity contribution in [3.8, 4) is 0 Å². The number of halogens is 1. The largest absolute Gasteiger partial charge is 0.364 e. The van der Waals surface area contributed by atoms with Crippen molar-refractivity contribution >= 4 is 0 Å². The molecule has 0 saturated heterocycles. The molecule has 6 heteroatoms. The van der Waals surface area contributed by atoms with Gasteiger partial charge in [0.15, 0.2) is 6.29 Å². The maximum absolute atomic E-state index is 13.9. The third-order valence-corrected chi connectivity index (χ3v) is 3.46. The number of hydrogen-bond acceptors (Lipinski definition) is 5. The molecule has 1 N–H and O–H groups in total. The molecule has 0 amide bonds. The van der Waals surface area contributed by atoms with E-state index in [1.165, 1.54) is 6.07 Å². The van der Waals surface area contributed by atoms with E-state index < -0.39 is 6.29 Å². The van der Waals surface area contributed by atoms with Gasteiger partial charge in [0.25, 0.3) is 0 Å². The Labute approximate surface area is 129 Å². The molecule has 0 spiro atoms. The van der Waals surface area contributed by atoms with E-state index in [2.05, 4.69) is 10.5 Å². The SMILES string of the molecule is CCc1nocc1CNCc1cc(C(OC)OC)ccc1F. The number of methoxy groups -OCH3 is 2. The first kappa shape index (κ1) is 16.6. The van der Waals surface area contributed by atoms with Gasteiger partial charge in [-0.1, -0.05) is 18.1 Å². The summed E-state index contributed by atoms with van der Waals surface area (Å²) >= 11 is 0. The second kappa shape index (κ2) is 8.03. The molecule has 1 aromatic heterocycles. The van der Waals surface area contributed by atoms with Gasteiger partial charge in [-0.15, -0.1) is 0 Å². The van der Waals surface area contributed by atoms with Crippen molar-refractivity contribution in [2.24, 2.45) is 0 Å². The second-order valence-corrected chi connectivity index (χ2v) is 4.90. The maximum atomic E-state index is 13.9. The van der Waals surface area contributed by atoms with E-state index in [4.69, 9.17) is 14.0 Å². The Kier molecular flexibility index (Phi) is 6.06. The number of benzene rings is 1. The van der Waals surface area contributed by atoms with Crippen molar-refractivity contribution in [3.05, 3.63) is 52.7 Å². The van der Waals surface area contributed by atoms with Crippen LogP contribution in [0.4, 0.5) is 4.39 Å². The molecular formula is C16H21FN2O3. The van der Waals surface area contributed by atoms with Crippen LogP contribution in [0.2, 0.25) is 0 Å². The number of aromatic nitrogens is 1. The first-order valence-corrected chi connectivity index (χ1v) is 7.16. The van der Waals surface area contributed by atoms with Gasteiger partial charge in [0.05, 0.1) is 5.69 Å². The molecule has 0 unspecified atom stereocenters. The van der Waals surface area contributed by atoms with Gasteiger partial charge < -0.3 is 19.3 Å². The third-order valence-electron chi connectivity index (χ3n) is 3.46. The van der Waals surface area contributed by atoms with E-state index in [9.17, 15) is 4.39 Å². The Bertz CT molecular complexity index is 597. The van der Waals surface area contributed by atoms with Crippen molar-refractivity contribution in [2.45, 2.75) is 32.7 Å². The lowest BCUT2D eigenvalue weighted by molar-refractivity contribution is -0.106. The molecule has 5 nitrogen and oxygen atoms in total. The van der Waals surface area contributed by atoms with Crippen LogP contribution in [0.5, 0.6) is 0 Å². The normalized spacial score (nSPS) is 11.3. The number of ether oxygens (including phenoxy) is 2. The minimum atomic E-state index is -0.496. The lowest BCUT2D eigenvalue weighted by atomic mass is 10.1. The molecule has 2 rings (SSSR count). The third kappa shape index (κ3) is 3.91. The molecule has 1 heterocycles. The smallest absolute Gasteiger partial charge is 0.183 e. The van der Waals surface area contributed by atoms with Crippen molar-refractivity contribution in [2.75, 3.05) is 14.2 Å². The molecule has 0 aliphatic heterocycles. The summed E-state index contributed by atoms with van der Waals surface area (Å²) in [5.41, 5.74) is 3.25. The average molecular weight is 308 g/mol. The predicted molar refractivity (Wildman–Crippen MR) is 79.6 cm³/mol. The zero-order valence-corrected chi connectivity index (χ0v) is 13.1. The highest BCUT2D eigenvalue weighted by Gasteiger charge is 2.12. The molecule has 0 aliphatic carbocycles. The fourth-order valence-electron chi connectivity index (χ4n) is 2.29. The fraction of sp³-hybridized carbons (Fsp3) is 0.438. The van der Waals surface area contributed by atoms with E-state index in [0.29, 0.717) is 18.7 Å². The Hall–Kier alpha value is -1.76. The molecule has 22 heavy (non-hydrogen) atoms. The zero-order valence-electron chi connectivity index (χ0n) is 13.1. The Morgan fingerprint density at radius 3 is 2.64 bits per heavy atom. The topological polar surface area (TPSA) is 56.5 Å². The number of aryl methyl sites for hydroxylation is 1. The highest BCUT2D eigenvalue weighted by molar-refractivity contribution is 5.26. The average Bonchev–Trinajstić information content (AvgIpc) is 2.98. The van der Waals surface area contributed by atoms with Gasteiger partial charge in [0, 0.05) is 44.0 Å². The fourth-order valence-corrected chi connectivity index (χ4v) is 2.29. The van der Waals surface area contributed by atoms with Gasteiger partial charge in [-0.25, -0.2) is 4.39 Å². The minimum Gasteiger partial charge on any atom is -0.364 e. The number of nitrogens with zero attached hydrogens (tertiary/aromatic N) is 1. The first-order valence-electron chi connectivity index (χ1n) is 7.16. The number of nitrogens with one attached hydrogen (secondary N) is 1. The van der Waals surface area contributed by atoms with Gasteiger partial charge in [-0.05, 0) is 18.6 Å². The molecule has 0 atom stereocenters. The summed E-state index contributed by atoms with van der Waals surface area (Å²) < 4.78 is 29.2. The number of rotatable bonds is 8. The zero-order chi connectivity index (χ0) is 15.9.